The fraction of sp³-hybridized carbons (Fsp3) is 0.933. The van der Waals surface area contributed by atoms with Crippen molar-refractivity contribution in [3.63, 3.8) is 0 Å². The molecule has 0 saturated heterocycles. The van der Waals surface area contributed by atoms with Gasteiger partial charge in [-0.1, -0.05) is 187 Å². The van der Waals surface area contributed by atoms with Gasteiger partial charge in [-0.15, -0.1) is 0 Å². The van der Waals surface area contributed by atoms with Crippen LogP contribution in [0.4, 0.5) is 0 Å². The van der Waals surface area contributed by atoms with Gasteiger partial charge in [0.15, 0.2) is 0 Å². The Kier molecular flexibility index (Phi) is 37.3. The highest BCUT2D eigenvalue weighted by Gasteiger charge is 2.24. The van der Waals surface area contributed by atoms with Gasteiger partial charge >= 0.3 is 0 Å². The maximum atomic E-state index is 12.8. The highest BCUT2D eigenvalue weighted by molar-refractivity contribution is 7.45. The first-order chi connectivity index (χ1) is 26.0. The van der Waals surface area contributed by atoms with Gasteiger partial charge in [0.1, 0.15) is 13.2 Å². The molecule has 8 nitrogen and oxygen atoms in total. The van der Waals surface area contributed by atoms with Crippen LogP contribution in [0.5, 0.6) is 0 Å². The Balaban J connectivity index is 4.18. The third kappa shape index (κ3) is 39.5. The van der Waals surface area contributed by atoms with E-state index in [0.29, 0.717) is 23.9 Å². The fourth-order valence-corrected chi connectivity index (χ4v) is 7.52. The van der Waals surface area contributed by atoms with E-state index in [1.54, 1.807) is 0 Å². The zero-order chi connectivity index (χ0) is 40.0. The molecule has 0 rings (SSSR count). The minimum Gasteiger partial charge on any atom is -0.756 e. The van der Waals surface area contributed by atoms with Crippen molar-refractivity contribution in [3.05, 3.63) is 12.2 Å². The van der Waals surface area contributed by atoms with Crippen molar-refractivity contribution in [2.45, 2.75) is 231 Å². The maximum absolute atomic E-state index is 12.8. The van der Waals surface area contributed by atoms with E-state index in [1.807, 2.05) is 21.1 Å². The van der Waals surface area contributed by atoms with Crippen LogP contribution >= 0.6 is 7.82 Å². The van der Waals surface area contributed by atoms with Crippen molar-refractivity contribution >= 4 is 13.7 Å². The van der Waals surface area contributed by atoms with Crippen LogP contribution in [0.2, 0.25) is 0 Å². The Morgan fingerprint density at radius 3 is 1.44 bits per heavy atom. The Morgan fingerprint density at radius 2 is 1.02 bits per heavy atom. The van der Waals surface area contributed by atoms with E-state index in [9.17, 15) is 19.4 Å². The Labute approximate surface area is 335 Å². The summed E-state index contributed by atoms with van der Waals surface area (Å²) in [6.07, 6.45) is 42.3. The quantitative estimate of drug-likeness (QED) is 0.0276. The lowest BCUT2D eigenvalue weighted by molar-refractivity contribution is -0.870. The molecule has 0 saturated carbocycles. The van der Waals surface area contributed by atoms with Gasteiger partial charge in [-0.3, -0.25) is 9.36 Å². The lowest BCUT2D eigenvalue weighted by atomic mass is 10.0. The van der Waals surface area contributed by atoms with Crippen LogP contribution in [0.1, 0.15) is 219 Å². The zero-order valence-electron chi connectivity index (χ0n) is 36.4. The first-order valence-electron chi connectivity index (χ1n) is 23.0. The fourth-order valence-electron chi connectivity index (χ4n) is 6.80. The molecule has 1 unspecified atom stereocenters. The van der Waals surface area contributed by atoms with Crippen LogP contribution in [-0.4, -0.2) is 68.5 Å². The molecule has 0 aromatic heterocycles. The molecule has 1 amide bonds. The van der Waals surface area contributed by atoms with Crippen LogP contribution in [-0.2, 0) is 18.4 Å². The van der Waals surface area contributed by atoms with Crippen molar-refractivity contribution in [1.29, 1.82) is 0 Å². The Bertz CT molecular complexity index is 896. The van der Waals surface area contributed by atoms with E-state index in [0.717, 1.165) is 44.9 Å². The second-order valence-electron chi connectivity index (χ2n) is 17.1. The normalized spacial score (nSPS) is 14.4. The van der Waals surface area contributed by atoms with Gasteiger partial charge in [0.05, 0.1) is 39.9 Å². The van der Waals surface area contributed by atoms with Gasteiger partial charge in [0.25, 0.3) is 7.82 Å². The topological polar surface area (TPSA) is 108 Å². The molecule has 0 aliphatic carbocycles. The number of unbranched alkanes of at least 4 members (excludes halogenated alkanes) is 27. The standard InChI is InChI=1S/C45H91N2O6P/c1-6-8-10-12-14-16-18-19-20-21-22-23-24-25-26-27-28-29-31-33-35-37-39-45(49)46-43(42-53-54(50,51)52-41-40-47(3,4)5)44(48)38-36-34-32-30-17-15-13-11-9-7-2/h17,30,43-44,48H,6-16,18-29,31-42H2,1-5H3,(H-,46,49,50,51)/b30-17+/t43-,44+/m0/s1. The largest absolute Gasteiger partial charge is 0.756 e. The van der Waals surface area contributed by atoms with Crippen molar-refractivity contribution in [1.82, 2.24) is 5.32 Å². The summed E-state index contributed by atoms with van der Waals surface area (Å²) < 4.78 is 23.2. The lowest BCUT2D eigenvalue weighted by Crippen LogP contribution is -2.46. The molecule has 0 spiro atoms. The second-order valence-corrected chi connectivity index (χ2v) is 18.5. The Hall–Kier alpha value is -0.760. The molecule has 0 aromatic carbocycles. The van der Waals surface area contributed by atoms with Crippen LogP contribution < -0.4 is 10.2 Å². The number of hydrogen-bond donors (Lipinski definition) is 2. The van der Waals surface area contributed by atoms with E-state index in [1.165, 1.54) is 148 Å². The van der Waals surface area contributed by atoms with Gasteiger partial charge in [-0.05, 0) is 38.5 Å². The number of likely N-dealkylation sites (N-methyl/N-ethyl adjacent to an activating group) is 1. The number of carbonyl (C=O) groups is 1. The van der Waals surface area contributed by atoms with Gasteiger partial charge in [-0.2, -0.15) is 0 Å². The minimum absolute atomic E-state index is 0.00941. The molecule has 0 aliphatic heterocycles. The average molecular weight is 787 g/mol. The summed E-state index contributed by atoms with van der Waals surface area (Å²) in [5.41, 5.74) is 0. The van der Waals surface area contributed by atoms with Crippen LogP contribution in [0.25, 0.3) is 0 Å². The highest BCUT2D eigenvalue weighted by atomic mass is 31.2. The first-order valence-corrected chi connectivity index (χ1v) is 24.5. The van der Waals surface area contributed by atoms with Crippen molar-refractivity contribution in [3.8, 4) is 0 Å². The molecule has 0 heterocycles. The number of hydrogen-bond acceptors (Lipinski definition) is 6. The molecular weight excluding hydrogens is 695 g/mol. The summed E-state index contributed by atoms with van der Waals surface area (Å²) in [6.45, 7) is 4.68. The molecule has 2 N–H and O–H groups in total. The number of allylic oxidation sites excluding steroid dienone is 2. The number of carbonyl (C=O) groups excluding carboxylic acids is 1. The number of amides is 1. The number of aliphatic hydroxyl groups is 1. The van der Waals surface area contributed by atoms with Gasteiger partial charge < -0.3 is 28.8 Å². The van der Waals surface area contributed by atoms with Gasteiger partial charge in [-0.25, -0.2) is 0 Å². The summed E-state index contributed by atoms with van der Waals surface area (Å²) in [4.78, 5) is 25.3. The van der Waals surface area contributed by atoms with Crippen molar-refractivity contribution in [2.75, 3.05) is 40.9 Å². The number of phosphoric acid groups is 1. The number of phosphoric ester groups is 1. The lowest BCUT2D eigenvalue weighted by Gasteiger charge is -2.30. The molecule has 9 heteroatoms. The number of rotatable bonds is 42. The zero-order valence-corrected chi connectivity index (χ0v) is 37.3. The SMILES string of the molecule is CCCCCC/C=C/CCCC[C@@H](O)[C@H](COP(=O)([O-])OCC[N+](C)(C)C)NC(=O)CCCCCCCCCCCCCCCCCCCCCCCC. The van der Waals surface area contributed by atoms with Crippen LogP contribution in [0, 0.1) is 0 Å². The van der Waals surface area contributed by atoms with E-state index < -0.39 is 20.0 Å². The number of quaternary nitrogens is 1. The summed E-state index contributed by atoms with van der Waals surface area (Å²) in [5.74, 6) is -0.173. The van der Waals surface area contributed by atoms with Crippen LogP contribution in [0.3, 0.4) is 0 Å². The maximum Gasteiger partial charge on any atom is 0.268 e. The smallest absolute Gasteiger partial charge is 0.268 e. The summed E-state index contributed by atoms with van der Waals surface area (Å²) in [6, 6.07) is -0.810. The highest BCUT2D eigenvalue weighted by Crippen LogP contribution is 2.38. The third-order valence-corrected chi connectivity index (χ3v) is 11.5. The predicted molar refractivity (Wildman–Crippen MR) is 229 cm³/mol. The van der Waals surface area contributed by atoms with Gasteiger partial charge in [0, 0.05) is 6.42 Å². The average Bonchev–Trinajstić information content (AvgIpc) is 3.12. The summed E-state index contributed by atoms with van der Waals surface area (Å²) >= 11 is 0. The van der Waals surface area contributed by atoms with E-state index in [-0.39, 0.29) is 19.1 Å². The molecular formula is C45H91N2O6P. The summed E-state index contributed by atoms with van der Waals surface area (Å²) in [5, 5.41) is 13.8. The van der Waals surface area contributed by atoms with E-state index in [4.69, 9.17) is 9.05 Å². The second kappa shape index (κ2) is 37.8. The monoisotopic (exact) mass is 787 g/mol. The van der Waals surface area contributed by atoms with Crippen LogP contribution in [0.15, 0.2) is 12.2 Å². The molecule has 0 bridgehead atoms. The molecule has 0 fully saturated rings. The van der Waals surface area contributed by atoms with E-state index in [2.05, 4.69) is 31.3 Å². The molecule has 0 radical (unpaired) electrons. The van der Waals surface area contributed by atoms with Crippen molar-refractivity contribution in [2.24, 2.45) is 0 Å². The Morgan fingerprint density at radius 1 is 0.630 bits per heavy atom. The number of nitrogens with zero attached hydrogens (tertiary/aromatic N) is 1. The molecule has 54 heavy (non-hydrogen) atoms. The molecule has 0 aromatic rings. The molecule has 3 atom stereocenters. The number of aliphatic hydroxyl groups excluding tert-OH is 1. The summed E-state index contributed by atoms with van der Waals surface area (Å²) in [7, 11) is 1.29. The first kappa shape index (κ1) is 53.2. The molecule has 322 valence electrons. The van der Waals surface area contributed by atoms with E-state index >= 15 is 0 Å². The van der Waals surface area contributed by atoms with Crippen molar-refractivity contribution < 1.29 is 32.9 Å². The molecule has 0 aliphatic rings. The minimum atomic E-state index is -4.56. The third-order valence-electron chi connectivity index (χ3n) is 10.5. The predicted octanol–water partition coefficient (Wildman–Crippen LogP) is 12.1. The van der Waals surface area contributed by atoms with Gasteiger partial charge in [0.2, 0.25) is 5.91 Å². The number of nitrogens with one attached hydrogen (secondary N) is 1.